The second-order valence-electron chi connectivity index (χ2n) is 4.11. The Bertz CT molecular complexity index is 558. The van der Waals surface area contributed by atoms with Crippen LogP contribution in [0.3, 0.4) is 0 Å². The first-order chi connectivity index (χ1) is 8.32. The number of benzene rings is 1. The molecule has 8 heteroatoms. The van der Waals surface area contributed by atoms with Crippen LogP contribution in [0.15, 0.2) is 21.5 Å². The summed E-state index contributed by atoms with van der Waals surface area (Å²) in [6.45, 7) is 0.603. The van der Waals surface area contributed by atoms with Crippen molar-refractivity contribution in [1.82, 2.24) is 4.31 Å². The highest BCUT2D eigenvalue weighted by atomic mass is 79.9. The average Bonchev–Trinajstić information content (AvgIpc) is 2.63. The van der Waals surface area contributed by atoms with Crippen molar-refractivity contribution in [3.8, 4) is 0 Å². The first kappa shape index (κ1) is 14.2. The van der Waals surface area contributed by atoms with Crippen LogP contribution >= 0.6 is 27.5 Å². The van der Waals surface area contributed by atoms with E-state index in [1.165, 1.54) is 4.31 Å². The summed E-state index contributed by atoms with van der Waals surface area (Å²) in [5, 5.41) is -0.137. The second-order valence-corrected chi connectivity index (χ2v) is 7.25. The van der Waals surface area contributed by atoms with E-state index in [0.29, 0.717) is 13.0 Å². The predicted octanol–water partition coefficient (Wildman–Crippen LogP) is 1.96. The molecule has 0 spiro atoms. The molecule has 1 aromatic carbocycles. The van der Waals surface area contributed by atoms with E-state index in [2.05, 4.69) is 15.9 Å². The first-order valence-corrected chi connectivity index (χ1v) is 7.83. The fourth-order valence-electron chi connectivity index (χ4n) is 1.88. The van der Waals surface area contributed by atoms with E-state index in [9.17, 15) is 12.8 Å². The maximum Gasteiger partial charge on any atom is 0.245 e. The lowest BCUT2D eigenvalue weighted by Crippen LogP contribution is -2.32. The monoisotopic (exact) mass is 356 g/mol. The van der Waals surface area contributed by atoms with Crippen molar-refractivity contribution in [3.63, 3.8) is 0 Å². The molecule has 0 aromatic heterocycles. The number of halogens is 3. The quantitative estimate of drug-likeness (QED) is 0.880. The van der Waals surface area contributed by atoms with Gasteiger partial charge in [-0.2, -0.15) is 4.31 Å². The molecule has 1 aliphatic rings. The number of rotatable bonds is 2. The first-order valence-electron chi connectivity index (χ1n) is 5.22. The minimum Gasteiger partial charge on any atom is -0.326 e. The molecule has 1 fully saturated rings. The van der Waals surface area contributed by atoms with Crippen LogP contribution in [0, 0.1) is 5.82 Å². The zero-order chi connectivity index (χ0) is 13.5. The second kappa shape index (κ2) is 5.05. The van der Waals surface area contributed by atoms with Crippen LogP contribution in [-0.2, 0) is 10.0 Å². The molecule has 0 saturated carbocycles. The van der Waals surface area contributed by atoms with Gasteiger partial charge in [0.05, 0.1) is 5.02 Å². The lowest BCUT2D eigenvalue weighted by atomic mass is 10.3. The minimum atomic E-state index is -3.74. The Morgan fingerprint density at radius 1 is 1.50 bits per heavy atom. The third-order valence-electron chi connectivity index (χ3n) is 2.75. The highest BCUT2D eigenvalue weighted by Crippen LogP contribution is 2.33. The van der Waals surface area contributed by atoms with Gasteiger partial charge in [-0.1, -0.05) is 11.6 Å². The molecule has 0 radical (unpaired) electrons. The van der Waals surface area contributed by atoms with Crippen molar-refractivity contribution in [2.24, 2.45) is 5.73 Å². The van der Waals surface area contributed by atoms with Crippen LogP contribution in [-0.4, -0.2) is 31.9 Å². The zero-order valence-corrected chi connectivity index (χ0v) is 12.4. The summed E-state index contributed by atoms with van der Waals surface area (Å²) >= 11 is 8.86. The fraction of sp³-hybridized carbons (Fsp3) is 0.400. The van der Waals surface area contributed by atoms with E-state index in [1.54, 1.807) is 0 Å². The molecular weight excluding hydrogens is 347 g/mol. The van der Waals surface area contributed by atoms with Crippen LogP contribution in [0.2, 0.25) is 5.02 Å². The van der Waals surface area contributed by atoms with Gasteiger partial charge in [-0.25, -0.2) is 12.8 Å². The molecule has 1 heterocycles. The molecule has 1 aromatic rings. The summed E-state index contributed by atoms with van der Waals surface area (Å²) in [4.78, 5) is -0.111. The zero-order valence-electron chi connectivity index (χ0n) is 9.24. The van der Waals surface area contributed by atoms with E-state index in [4.69, 9.17) is 17.3 Å². The molecule has 1 saturated heterocycles. The molecule has 1 unspecified atom stereocenters. The Kier molecular flexibility index (Phi) is 3.99. The van der Waals surface area contributed by atoms with Crippen molar-refractivity contribution in [1.29, 1.82) is 0 Å². The van der Waals surface area contributed by atoms with Gasteiger partial charge in [0.25, 0.3) is 0 Å². The number of hydrogen-bond acceptors (Lipinski definition) is 3. The number of hydrogen-bond donors (Lipinski definition) is 1. The number of nitrogens with two attached hydrogens (primary N) is 1. The fourth-order valence-corrected chi connectivity index (χ4v) is 5.14. The molecule has 0 bridgehead atoms. The van der Waals surface area contributed by atoms with Crippen LogP contribution in [0.1, 0.15) is 6.42 Å². The van der Waals surface area contributed by atoms with Gasteiger partial charge in [0.15, 0.2) is 0 Å². The summed E-state index contributed by atoms with van der Waals surface area (Å²) < 4.78 is 39.2. The van der Waals surface area contributed by atoms with Gasteiger partial charge < -0.3 is 5.73 Å². The lowest BCUT2D eigenvalue weighted by molar-refractivity contribution is 0.472. The Balaban J connectivity index is 2.48. The normalized spacial score (nSPS) is 21.4. The van der Waals surface area contributed by atoms with Crippen molar-refractivity contribution < 1.29 is 12.8 Å². The molecule has 1 atom stereocenters. The standard InChI is InChI=1S/C10H11BrClFN2O2S/c11-8-3-6(13)4-9(12)10(8)18(16,17)15-2-1-7(14)5-15/h3-4,7H,1-2,5,14H2. The molecule has 4 nitrogen and oxygen atoms in total. The van der Waals surface area contributed by atoms with E-state index in [0.717, 1.165) is 12.1 Å². The number of nitrogens with zero attached hydrogens (tertiary/aromatic N) is 1. The van der Waals surface area contributed by atoms with Crippen LogP contribution in [0.25, 0.3) is 0 Å². The molecule has 1 aliphatic heterocycles. The smallest absolute Gasteiger partial charge is 0.245 e. The summed E-state index contributed by atoms with van der Waals surface area (Å²) in [5.41, 5.74) is 5.69. The lowest BCUT2D eigenvalue weighted by Gasteiger charge is -2.18. The average molecular weight is 358 g/mol. The van der Waals surface area contributed by atoms with Gasteiger partial charge in [-0.15, -0.1) is 0 Å². The van der Waals surface area contributed by atoms with Gasteiger partial charge in [-0.05, 0) is 34.5 Å². The van der Waals surface area contributed by atoms with E-state index < -0.39 is 15.8 Å². The van der Waals surface area contributed by atoms with Crippen LogP contribution in [0.5, 0.6) is 0 Å². The minimum absolute atomic E-state index is 0.111. The highest BCUT2D eigenvalue weighted by Gasteiger charge is 2.34. The third-order valence-corrected chi connectivity index (χ3v) is 6.01. The molecule has 2 rings (SSSR count). The molecule has 0 aliphatic carbocycles. The maximum atomic E-state index is 13.1. The largest absolute Gasteiger partial charge is 0.326 e. The van der Waals surface area contributed by atoms with Crippen molar-refractivity contribution in [2.45, 2.75) is 17.4 Å². The Hall–Kier alpha value is -0.210. The van der Waals surface area contributed by atoms with Crippen molar-refractivity contribution in [3.05, 3.63) is 27.4 Å². The topological polar surface area (TPSA) is 63.4 Å². The van der Waals surface area contributed by atoms with E-state index in [-0.39, 0.29) is 27.0 Å². The van der Waals surface area contributed by atoms with Crippen LogP contribution < -0.4 is 5.73 Å². The molecule has 0 amide bonds. The Morgan fingerprint density at radius 3 is 2.67 bits per heavy atom. The summed E-state index contributed by atoms with van der Waals surface area (Å²) in [5.74, 6) is -0.594. The Morgan fingerprint density at radius 2 is 2.17 bits per heavy atom. The highest BCUT2D eigenvalue weighted by molar-refractivity contribution is 9.10. The van der Waals surface area contributed by atoms with Gasteiger partial charge in [0, 0.05) is 23.6 Å². The van der Waals surface area contributed by atoms with Crippen molar-refractivity contribution in [2.75, 3.05) is 13.1 Å². The van der Waals surface area contributed by atoms with Gasteiger partial charge in [0.2, 0.25) is 10.0 Å². The molecule has 18 heavy (non-hydrogen) atoms. The number of sulfonamides is 1. The SMILES string of the molecule is NC1CCN(S(=O)(=O)c2c(Cl)cc(F)cc2Br)C1. The van der Waals surface area contributed by atoms with E-state index >= 15 is 0 Å². The summed E-state index contributed by atoms with van der Waals surface area (Å²) in [6.07, 6.45) is 0.607. The van der Waals surface area contributed by atoms with E-state index in [1.807, 2.05) is 0 Å². The van der Waals surface area contributed by atoms with Gasteiger partial charge in [0.1, 0.15) is 10.7 Å². The molecular formula is C10H11BrClFN2O2S. The summed E-state index contributed by atoms with van der Waals surface area (Å²) in [6, 6.07) is 1.89. The Labute approximate surface area is 118 Å². The van der Waals surface area contributed by atoms with Gasteiger partial charge >= 0.3 is 0 Å². The van der Waals surface area contributed by atoms with Crippen LogP contribution in [0.4, 0.5) is 4.39 Å². The summed E-state index contributed by atoms with van der Waals surface area (Å²) in [7, 11) is -3.74. The van der Waals surface area contributed by atoms with Gasteiger partial charge in [-0.3, -0.25) is 0 Å². The third kappa shape index (κ3) is 2.55. The predicted molar refractivity (Wildman–Crippen MR) is 70.5 cm³/mol. The maximum absolute atomic E-state index is 13.1. The molecule has 100 valence electrons. The van der Waals surface area contributed by atoms with Crippen molar-refractivity contribution >= 4 is 37.6 Å². The molecule has 2 N–H and O–H groups in total.